The Balaban J connectivity index is 0.000000154. The third-order valence-electron chi connectivity index (χ3n) is 29.1. The normalized spacial score (nSPS) is 23.1. The summed E-state index contributed by atoms with van der Waals surface area (Å²) in [5.74, 6) is -8.25. The van der Waals surface area contributed by atoms with Crippen molar-refractivity contribution in [3.8, 4) is 0 Å². The van der Waals surface area contributed by atoms with Crippen LogP contribution in [0.5, 0.6) is 0 Å². The molecule has 0 saturated carbocycles. The molecule has 15 aliphatic rings. The summed E-state index contributed by atoms with van der Waals surface area (Å²) in [6, 6.07) is 6.07. The second kappa shape index (κ2) is 37.7. The first-order valence-electron chi connectivity index (χ1n) is 45.6. The molecule has 9 atom stereocenters. The average molecular weight is 1830 g/mol. The number of ether oxygens (including phenoxy) is 5. The summed E-state index contributed by atoms with van der Waals surface area (Å²) in [5, 5.41) is 40.0. The number of methoxy groups -OCH3 is 5. The zero-order valence-electron chi connectivity index (χ0n) is 80.1. The number of nitrogens with one attached hydrogen (secondary N) is 4. The molecule has 690 valence electrons. The second-order valence-electron chi connectivity index (χ2n) is 35.9. The number of fused-ring (bicyclic) bond motifs is 18. The van der Waals surface area contributed by atoms with Crippen LogP contribution in [0.3, 0.4) is 0 Å². The molecule has 27 nitrogen and oxygen atoms in total. The first kappa shape index (κ1) is 96.0. The van der Waals surface area contributed by atoms with E-state index < -0.39 is 41.6 Å². The van der Waals surface area contributed by atoms with Crippen molar-refractivity contribution in [2.24, 2.45) is 65.5 Å². The molecule has 18 rings (SSSR count). The number of aryl methyl sites for hydroxylation is 2. The number of hydrogen-bond acceptors (Lipinski definition) is 22. The summed E-state index contributed by atoms with van der Waals surface area (Å²) in [7, 11) is 6.64. The molecule has 28 heteroatoms. The summed E-state index contributed by atoms with van der Waals surface area (Å²) in [6.07, 6.45) is 21.3. The number of Topliss-reactive ketones (excluding diaryl/α,β-unsaturated/α-hetero) is 1. The summed E-state index contributed by atoms with van der Waals surface area (Å²) in [6.45, 7) is 42.6. The summed E-state index contributed by atoms with van der Waals surface area (Å²) >= 11 is 0. The van der Waals surface area contributed by atoms with E-state index in [0.29, 0.717) is 103 Å². The number of aliphatic hydroxyl groups is 2. The maximum Gasteiger partial charge on any atom is 2.00 e. The van der Waals surface area contributed by atoms with Gasteiger partial charge in [0.25, 0.3) is 0 Å². The fourth-order valence-electron chi connectivity index (χ4n) is 21.4. The summed E-state index contributed by atoms with van der Waals surface area (Å²) in [5.41, 5.74) is 35.6. The number of H-pyrrole nitrogens is 2. The molecule has 2 saturated heterocycles. The molecule has 24 bridgehead atoms. The zero-order valence-corrected chi connectivity index (χ0v) is 81.5. The largest absolute Gasteiger partial charge is 2.00 e. The van der Waals surface area contributed by atoms with Gasteiger partial charge in [0.2, 0.25) is 11.4 Å². The van der Waals surface area contributed by atoms with Gasteiger partial charge < -0.3 is 59.6 Å². The summed E-state index contributed by atoms with van der Waals surface area (Å²) < 4.78 is 25.5. The molecule has 2 fully saturated rings. The molecule has 15 heterocycles. The molecule has 0 spiro atoms. The second-order valence-corrected chi connectivity index (χ2v) is 35.9. The number of aromatic nitrogens is 4. The number of aliphatic hydroxyl groups excluding tert-OH is 2. The van der Waals surface area contributed by atoms with Crippen LogP contribution in [0.4, 0.5) is 0 Å². The van der Waals surface area contributed by atoms with Crippen LogP contribution in [-0.4, -0.2) is 150 Å². The maximum absolute atomic E-state index is 14.1. The van der Waals surface area contributed by atoms with Crippen LogP contribution in [0.15, 0.2) is 263 Å². The third-order valence-corrected chi connectivity index (χ3v) is 29.1. The minimum atomic E-state index is -1.16. The molecular formula is C107H112MgN12O15+2. The maximum atomic E-state index is 14.1. The fourth-order valence-corrected chi connectivity index (χ4v) is 21.4. The quantitative estimate of drug-likeness (QED) is 0.0342. The van der Waals surface area contributed by atoms with E-state index in [1.54, 1.807) is 0 Å². The number of carbonyl (C=O) groups is 7. The van der Waals surface area contributed by atoms with E-state index in [-0.39, 0.29) is 107 Å². The SMILES string of the molecule is C=CC1=C(C)C2=NC1=CC1=NC(=CC3=C(C)C4=C(O)C(C(=O)OC)C(=C5NC(=C2)[C@@H](C)[C@@H]5CCC(=O)O)C4=N3)C(CC)=C1C.C=CC1=C(C)C2=NC1=CC1=NC(=CC3=C(C)C4=C(O)C(C(=O)OC)C(=C5NC(=C2)[C@@H](C)[C@@H]5CCC(=O)OC)C4=N3)C(CC)=C1C.C=Cc1c(C)c2cc3[nH+]c(c4c5[n-]c(cc6[nH+]c(cc1[n-]2)C(C)=C6CC)c(C)c5C(=O)C4C(=O)OC)[C@@H](CCC(=O)OC)[C@@H]3C.[Mg+2]. The van der Waals surface area contributed by atoms with E-state index >= 15 is 0 Å². The standard InChI is InChI=1S/C36H38N4O5.C36H37N4O5.C35H36N4O5.Mg/c2*1-9-20-16(3)23-13-25-18(5)22(11-12-29(41)44-7)33(39-25)31-32(36(43)45-8)35(42)30-19(6)26(40-34(30)31)15-28-21(10-2)17(4)24(38-28)14-27(20)37-23;1-8-19-15(3)22-12-24-17(5)21(10-11-28(40)41)32(38-24)30-31(35(43)44-7)34(42)29-18(6)25(39-33(29)30)14-27-20(9-2)16(4)23(37-27)13-26(19)36-22;/h9,13-15,18,22,32,39,42H,1,10-12H2,2-8H3;9,13-15,18,22,32H,1,10-12H2,2-8H3,(H-,37,38,39,40,42);8,12-14,17,21,31,38,42H,1,9-11H2,2-7H3,(H,40,41);/q;-1;;+2/p+1/t2*18-,22-,32?;17-,21-,31?;/m000./s1. The third kappa shape index (κ3) is 16.1. The van der Waals surface area contributed by atoms with Crippen LogP contribution < -0.4 is 30.6 Å². The molecule has 3 aliphatic carbocycles. The first-order valence-corrected chi connectivity index (χ1v) is 45.6. The number of aliphatic carboxylic acids is 1. The van der Waals surface area contributed by atoms with Crippen molar-refractivity contribution in [1.82, 2.24) is 20.6 Å². The predicted octanol–water partition coefficient (Wildman–Crippen LogP) is 17.2. The van der Waals surface area contributed by atoms with Crippen LogP contribution in [0, 0.1) is 49.4 Å². The topological polar surface area (TPSA) is 381 Å². The Hall–Kier alpha value is -13.6. The molecule has 0 aromatic carbocycles. The van der Waals surface area contributed by atoms with E-state index in [9.17, 15) is 48.9 Å². The van der Waals surface area contributed by atoms with Crippen molar-refractivity contribution in [2.45, 2.75) is 179 Å². The van der Waals surface area contributed by atoms with Gasteiger partial charge in [-0.3, -0.25) is 33.6 Å². The van der Waals surface area contributed by atoms with Crippen molar-refractivity contribution in [1.29, 1.82) is 0 Å². The van der Waals surface area contributed by atoms with Crippen LogP contribution in [0.1, 0.15) is 221 Å². The van der Waals surface area contributed by atoms with Gasteiger partial charge in [-0.05, 0) is 206 Å². The number of carbonyl (C=O) groups excluding carboxylic acids is 6. The first-order chi connectivity index (χ1) is 64.1. The van der Waals surface area contributed by atoms with E-state index in [1.165, 1.54) is 35.5 Å². The number of hydrogen-bond donors (Lipinski definition) is 5. The molecule has 0 amide bonds. The number of aliphatic imine (C=N–C) groups is 6. The van der Waals surface area contributed by atoms with Crippen LogP contribution in [0.25, 0.3) is 39.3 Å². The monoisotopic (exact) mass is 1830 g/mol. The Morgan fingerprint density at radius 1 is 0.474 bits per heavy atom. The van der Waals surface area contributed by atoms with Crippen LogP contribution in [0.2, 0.25) is 0 Å². The fraction of sp³-hybridized carbons (Fsp3) is 0.355. The van der Waals surface area contributed by atoms with Gasteiger partial charge in [-0.1, -0.05) is 90.6 Å². The van der Waals surface area contributed by atoms with Gasteiger partial charge in [-0.25, -0.2) is 39.9 Å². The van der Waals surface area contributed by atoms with Crippen LogP contribution >= 0.6 is 0 Å². The van der Waals surface area contributed by atoms with Crippen molar-refractivity contribution in [3.05, 3.63) is 284 Å². The van der Waals surface area contributed by atoms with Gasteiger partial charge in [0, 0.05) is 121 Å². The van der Waals surface area contributed by atoms with Gasteiger partial charge in [0.05, 0.1) is 116 Å². The predicted molar refractivity (Wildman–Crippen MR) is 520 cm³/mol. The zero-order chi connectivity index (χ0) is 96.2. The Morgan fingerprint density at radius 3 is 1.36 bits per heavy atom. The molecule has 3 unspecified atom stereocenters. The smallest absolute Gasteiger partial charge is 0.657 e. The molecule has 135 heavy (non-hydrogen) atoms. The van der Waals surface area contributed by atoms with Crippen molar-refractivity contribution in [2.75, 3.05) is 35.5 Å². The number of esters is 5. The van der Waals surface area contributed by atoms with E-state index in [1.807, 2.05) is 115 Å². The number of allylic oxidation sites excluding steroid dienone is 24. The average Bonchev–Trinajstić information content (AvgIpc) is 1.57. The van der Waals surface area contributed by atoms with Gasteiger partial charge in [-0.2, -0.15) is 0 Å². The van der Waals surface area contributed by atoms with E-state index in [0.717, 1.165) is 188 Å². The van der Waals surface area contributed by atoms with Gasteiger partial charge in [-0.15, -0.1) is 22.1 Å². The van der Waals surface area contributed by atoms with Crippen molar-refractivity contribution >= 4 is 138 Å². The van der Waals surface area contributed by atoms with Crippen LogP contribution in [-0.2, 0) is 52.5 Å². The number of ketones is 1. The van der Waals surface area contributed by atoms with Gasteiger partial charge in [0.1, 0.15) is 29.3 Å². The Bertz CT molecular complexity index is 6960. The number of aromatic amines is 2. The molecule has 0 radical (unpaired) electrons. The molecule has 12 aliphatic heterocycles. The Morgan fingerprint density at radius 2 is 0.911 bits per heavy atom. The molecule has 3 aromatic rings. The molecule has 7 N–H and O–H groups in total. The number of nitrogens with zero attached hydrogens (tertiary/aromatic N) is 8. The number of rotatable bonds is 18. The van der Waals surface area contributed by atoms with Crippen molar-refractivity contribution < 1.29 is 82.5 Å². The Kier molecular flexibility index (Phi) is 26.8. The molecule has 3 aromatic heterocycles. The van der Waals surface area contributed by atoms with Gasteiger partial charge >= 0.3 is 58.9 Å². The molecular weight excluding hydrogens is 1720 g/mol. The van der Waals surface area contributed by atoms with Crippen molar-refractivity contribution in [3.63, 3.8) is 0 Å². The number of carboxylic acid groups (broad SMARTS) is 1. The Labute approximate surface area is 800 Å². The minimum absolute atomic E-state index is 0. The summed E-state index contributed by atoms with van der Waals surface area (Å²) in [4.78, 5) is 138. The van der Waals surface area contributed by atoms with E-state index in [2.05, 4.69) is 102 Å². The minimum Gasteiger partial charge on any atom is -0.657 e. The van der Waals surface area contributed by atoms with E-state index in [4.69, 9.17) is 63.6 Å². The number of carboxylic acids is 1. The van der Waals surface area contributed by atoms with Gasteiger partial charge in [0.15, 0.2) is 17.2 Å².